The van der Waals surface area contributed by atoms with E-state index < -0.39 is 11.9 Å². The molecule has 0 spiro atoms. The van der Waals surface area contributed by atoms with E-state index in [1.165, 1.54) is 0 Å². The maximum absolute atomic E-state index is 13.5. The van der Waals surface area contributed by atoms with Crippen molar-refractivity contribution in [1.82, 2.24) is 9.13 Å². The summed E-state index contributed by atoms with van der Waals surface area (Å²) in [6.45, 7) is 6.45. The SMILES string of the molecule is COc1ccc2c(c1)c(CC(=O)OCCOCCOCCOC(=O)Cc1c(C)n(C(=O)c3ccc(Cl)cc3)c3ccc(C)cc13)c(C)n2C(=O)c1ccc(Cl)cc1. The molecule has 6 aromatic rings. The van der Waals surface area contributed by atoms with Crippen molar-refractivity contribution in [3.05, 3.63) is 134 Å². The first-order valence-electron chi connectivity index (χ1n) is 18.3. The smallest absolute Gasteiger partial charge is 0.310 e. The summed E-state index contributed by atoms with van der Waals surface area (Å²) in [5.41, 5.74) is 5.96. The number of hydrogen-bond donors (Lipinski definition) is 0. The van der Waals surface area contributed by atoms with Gasteiger partial charge in [-0.1, -0.05) is 34.8 Å². The van der Waals surface area contributed by atoms with Crippen molar-refractivity contribution in [3.8, 4) is 5.75 Å². The van der Waals surface area contributed by atoms with Crippen LogP contribution in [-0.4, -0.2) is 79.6 Å². The van der Waals surface area contributed by atoms with Crippen LogP contribution in [0.25, 0.3) is 21.8 Å². The number of aromatic nitrogens is 2. The summed E-state index contributed by atoms with van der Waals surface area (Å²) >= 11 is 12.1. The van der Waals surface area contributed by atoms with Gasteiger partial charge in [0.15, 0.2) is 0 Å². The zero-order valence-electron chi connectivity index (χ0n) is 32.1. The van der Waals surface area contributed by atoms with Gasteiger partial charge in [0.1, 0.15) is 19.0 Å². The van der Waals surface area contributed by atoms with Crippen LogP contribution in [0.5, 0.6) is 5.75 Å². The Morgan fingerprint density at radius 2 is 0.965 bits per heavy atom. The predicted octanol–water partition coefficient (Wildman–Crippen LogP) is 8.12. The zero-order valence-corrected chi connectivity index (χ0v) is 33.6. The van der Waals surface area contributed by atoms with E-state index in [0.717, 1.165) is 16.5 Å². The molecule has 0 fully saturated rings. The quantitative estimate of drug-likeness (QED) is 0.0704. The third-order valence-electron chi connectivity index (χ3n) is 9.62. The van der Waals surface area contributed by atoms with Crippen molar-refractivity contribution in [2.45, 2.75) is 33.6 Å². The summed E-state index contributed by atoms with van der Waals surface area (Å²) in [4.78, 5) is 52.8. The van der Waals surface area contributed by atoms with Gasteiger partial charge in [0.25, 0.3) is 11.8 Å². The fraction of sp³-hybridized carbons (Fsp3) is 0.273. The topological polar surface area (TPSA) is 124 Å². The molecule has 0 aliphatic carbocycles. The normalized spacial score (nSPS) is 11.3. The van der Waals surface area contributed by atoms with Gasteiger partial charge in [-0.05, 0) is 111 Å². The van der Waals surface area contributed by atoms with E-state index >= 15 is 0 Å². The fourth-order valence-electron chi connectivity index (χ4n) is 6.74. The number of carbonyl (C=O) groups is 4. The number of ether oxygens (including phenoxy) is 5. The second-order valence-corrected chi connectivity index (χ2v) is 14.2. The molecule has 13 heteroatoms. The Morgan fingerprint density at radius 3 is 1.42 bits per heavy atom. The molecule has 0 atom stereocenters. The first kappa shape index (κ1) is 41.2. The summed E-state index contributed by atoms with van der Waals surface area (Å²) in [5, 5.41) is 2.59. The molecule has 0 bridgehead atoms. The van der Waals surface area contributed by atoms with Crippen LogP contribution in [0, 0.1) is 20.8 Å². The lowest BCUT2D eigenvalue weighted by Crippen LogP contribution is -2.17. The monoisotopic (exact) mass is 812 g/mol. The van der Waals surface area contributed by atoms with Crippen molar-refractivity contribution in [1.29, 1.82) is 0 Å². The molecular formula is C44H42Cl2N2O9. The maximum Gasteiger partial charge on any atom is 0.310 e. The van der Waals surface area contributed by atoms with Crippen LogP contribution < -0.4 is 4.74 Å². The minimum Gasteiger partial charge on any atom is -0.497 e. The van der Waals surface area contributed by atoms with Crippen molar-refractivity contribution < 1.29 is 42.9 Å². The summed E-state index contributed by atoms with van der Waals surface area (Å²) in [6, 6.07) is 24.5. The average molecular weight is 814 g/mol. The fourth-order valence-corrected chi connectivity index (χ4v) is 6.99. The number of fused-ring (bicyclic) bond motifs is 2. The van der Waals surface area contributed by atoms with Crippen LogP contribution in [-0.2, 0) is 41.4 Å². The van der Waals surface area contributed by atoms with E-state index in [0.29, 0.717) is 60.3 Å². The predicted molar refractivity (Wildman–Crippen MR) is 218 cm³/mol. The zero-order chi connectivity index (χ0) is 40.6. The van der Waals surface area contributed by atoms with Gasteiger partial charge in [-0.15, -0.1) is 0 Å². The van der Waals surface area contributed by atoms with E-state index in [2.05, 4.69) is 0 Å². The number of aryl methyl sites for hydroxylation is 1. The highest BCUT2D eigenvalue weighted by Crippen LogP contribution is 2.32. The van der Waals surface area contributed by atoms with Gasteiger partial charge >= 0.3 is 11.9 Å². The Balaban J connectivity index is 0.930. The van der Waals surface area contributed by atoms with Crippen LogP contribution in [0.1, 0.15) is 48.8 Å². The molecule has 57 heavy (non-hydrogen) atoms. The summed E-state index contributed by atoms with van der Waals surface area (Å²) in [6.07, 6.45) is -0.0626. The largest absolute Gasteiger partial charge is 0.497 e. The van der Waals surface area contributed by atoms with Crippen molar-refractivity contribution in [2.24, 2.45) is 0 Å². The third-order valence-corrected chi connectivity index (χ3v) is 10.1. The highest BCUT2D eigenvalue weighted by atomic mass is 35.5. The second-order valence-electron chi connectivity index (χ2n) is 13.3. The molecule has 0 aliphatic heterocycles. The maximum atomic E-state index is 13.5. The Labute approximate surface area is 339 Å². The van der Waals surface area contributed by atoms with Crippen LogP contribution in [0.3, 0.4) is 0 Å². The molecule has 0 radical (unpaired) electrons. The van der Waals surface area contributed by atoms with E-state index in [9.17, 15) is 19.2 Å². The van der Waals surface area contributed by atoms with Crippen LogP contribution in [0.4, 0.5) is 0 Å². The minimum absolute atomic E-state index is 0.00808. The number of nitrogens with zero attached hydrogens (tertiary/aromatic N) is 2. The van der Waals surface area contributed by atoms with Crippen molar-refractivity contribution in [3.63, 3.8) is 0 Å². The molecule has 0 unspecified atom stereocenters. The van der Waals surface area contributed by atoms with Crippen LogP contribution in [0.15, 0.2) is 84.9 Å². The number of halogens is 2. The van der Waals surface area contributed by atoms with Gasteiger partial charge in [0.2, 0.25) is 0 Å². The Kier molecular flexibility index (Phi) is 13.5. The van der Waals surface area contributed by atoms with E-state index in [1.54, 1.807) is 89.9 Å². The molecule has 0 saturated heterocycles. The summed E-state index contributed by atoms with van der Waals surface area (Å²) in [5.74, 6) is -0.776. The van der Waals surface area contributed by atoms with E-state index in [4.69, 9.17) is 46.9 Å². The number of esters is 2. The molecule has 0 amide bonds. The highest BCUT2D eigenvalue weighted by molar-refractivity contribution is 6.31. The minimum atomic E-state index is -0.469. The lowest BCUT2D eigenvalue weighted by molar-refractivity contribution is -0.146. The van der Waals surface area contributed by atoms with Gasteiger partial charge in [0.05, 0.1) is 57.4 Å². The highest BCUT2D eigenvalue weighted by Gasteiger charge is 2.24. The molecule has 0 aliphatic rings. The molecular weight excluding hydrogens is 771 g/mol. The number of hydrogen-bond acceptors (Lipinski definition) is 9. The first-order valence-corrected chi connectivity index (χ1v) is 19.1. The molecule has 11 nitrogen and oxygen atoms in total. The third kappa shape index (κ3) is 9.57. The molecule has 2 aromatic heterocycles. The van der Waals surface area contributed by atoms with E-state index in [-0.39, 0.29) is 64.3 Å². The number of methoxy groups -OCH3 is 1. The van der Waals surface area contributed by atoms with Crippen molar-refractivity contribution >= 4 is 68.8 Å². The lowest BCUT2D eigenvalue weighted by Gasteiger charge is -2.09. The molecule has 6 rings (SSSR count). The lowest BCUT2D eigenvalue weighted by atomic mass is 10.1. The first-order chi connectivity index (χ1) is 27.5. The Morgan fingerprint density at radius 1 is 0.544 bits per heavy atom. The number of rotatable bonds is 16. The van der Waals surface area contributed by atoms with Gasteiger partial charge < -0.3 is 23.7 Å². The molecule has 4 aromatic carbocycles. The van der Waals surface area contributed by atoms with Crippen molar-refractivity contribution in [2.75, 3.05) is 46.8 Å². The Bertz CT molecular complexity index is 2430. The average Bonchev–Trinajstić information content (AvgIpc) is 3.62. The van der Waals surface area contributed by atoms with Gasteiger partial charge in [-0.25, -0.2) is 0 Å². The molecule has 0 saturated carbocycles. The molecule has 296 valence electrons. The number of carbonyl (C=O) groups excluding carboxylic acids is 4. The van der Waals surface area contributed by atoms with Gasteiger partial charge in [-0.3, -0.25) is 28.3 Å². The Hall–Kier alpha value is -5.46. The second kappa shape index (κ2) is 18.7. The summed E-state index contributed by atoms with van der Waals surface area (Å²) in [7, 11) is 1.55. The molecule has 0 N–H and O–H groups in total. The van der Waals surface area contributed by atoms with Gasteiger partial charge in [0, 0.05) is 43.3 Å². The number of benzene rings is 4. The van der Waals surface area contributed by atoms with E-state index in [1.807, 2.05) is 32.0 Å². The molecule has 2 heterocycles. The standard InChI is InChI=1S/C44H42Cl2N2O9/c1-27-5-15-39-37(23-27)35(28(2)47(39)43(51)30-6-10-32(45)11-7-30)25-41(49)56-21-19-54-17-18-55-20-22-57-42(50)26-36-29(3)48(40-16-14-34(53-4)24-38(36)40)44(52)31-8-12-33(46)13-9-31/h5-16,23-24H,17-22,25-26H2,1-4H3. The summed E-state index contributed by atoms with van der Waals surface area (Å²) < 4.78 is 30.6. The van der Waals surface area contributed by atoms with Crippen LogP contribution in [0.2, 0.25) is 10.0 Å². The van der Waals surface area contributed by atoms with Gasteiger partial charge in [-0.2, -0.15) is 0 Å². The van der Waals surface area contributed by atoms with Crippen LogP contribution >= 0.6 is 23.2 Å².